The van der Waals surface area contributed by atoms with Crippen LogP contribution in [0, 0.1) is 0 Å². The summed E-state index contributed by atoms with van der Waals surface area (Å²) in [5, 5.41) is 8.49. The van der Waals surface area contributed by atoms with E-state index in [1.807, 2.05) is 29.2 Å². The molecule has 1 fully saturated rings. The number of aryl methyl sites for hydroxylation is 1. The van der Waals surface area contributed by atoms with Crippen LogP contribution in [0.25, 0.3) is 5.65 Å². The van der Waals surface area contributed by atoms with Crippen LogP contribution < -0.4 is 15.2 Å². The standard InChI is InChI=1S/C19H24N6S/c1-2-15-12-22-25-17(21-11-14-5-3-7-20-10-14)9-18(23-19(15)25)24-8-4-6-16(26)13-24/h3,5,7,9-10,12,16,21,26H,2,4,6,8,11,13H2,1H3/p+1. The molecule has 0 bridgehead atoms. The Labute approximate surface area is 159 Å². The van der Waals surface area contributed by atoms with Gasteiger partial charge in [0.25, 0.3) is 0 Å². The van der Waals surface area contributed by atoms with Gasteiger partial charge in [0.2, 0.25) is 0 Å². The van der Waals surface area contributed by atoms with Gasteiger partial charge in [-0.3, -0.25) is 0 Å². The molecule has 26 heavy (non-hydrogen) atoms. The van der Waals surface area contributed by atoms with E-state index in [0.717, 1.165) is 49.8 Å². The quantitative estimate of drug-likeness (QED) is 0.679. The van der Waals surface area contributed by atoms with Crippen molar-refractivity contribution in [2.24, 2.45) is 0 Å². The number of aromatic amines is 1. The minimum Gasteiger partial charge on any atom is -0.366 e. The second kappa shape index (κ2) is 7.53. The highest BCUT2D eigenvalue weighted by atomic mass is 32.1. The van der Waals surface area contributed by atoms with E-state index in [2.05, 4.69) is 52.0 Å². The highest BCUT2D eigenvalue weighted by Crippen LogP contribution is 2.26. The largest absolute Gasteiger partial charge is 0.366 e. The van der Waals surface area contributed by atoms with Crippen molar-refractivity contribution in [2.75, 3.05) is 23.3 Å². The first-order valence-electron chi connectivity index (χ1n) is 9.24. The fourth-order valence-corrected chi connectivity index (χ4v) is 3.81. The van der Waals surface area contributed by atoms with Gasteiger partial charge in [-0.05, 0) is 25.3 Å². The van der Waals surface area contributed by atoms with Gasteiger partial charge in [0.05, 0.1) is 6.20 Å². The number of fused-ring (bicyclic) bond motifs is 1. The average Bonchev–Trinajstić information content (AvgIpc) is 3.10. The zero-order valence-electron chi connectivity index (χ0n) is 15.0. The van der Waals surface area contributed by atoms with E-state index in [1.165, 1.54) is 17.5 Å². The first kappa shape index (κ1) is 17.1. The predicted molar refractivity (Wildman–Crippen MR) is 107 cm³/mol. The smallest absolute Gasteiger partial charge is 0.171 e. The Kier molecular flexibility index (Phi) is 4.97. The fraction of sp³-hybridized carbons (Fsp3) is 0.421. The van der Waals surface area contributed by atoms with Crippen molar-refractivity contribution in [1.82, 2.24) is 14.6 Å². The molecular formula is C19H25N6S+. The summed E-state index contributed by atoms with van der Waals surface area (Å²) < 4.78 is 1.91. The number of hydrogen-bond acceptors (Lipinski definition) is 5. The molecule has 2 N–H and O–H groups in total. The van der Waals surface area contributed by atoms with E-state index in [0.29, 0.717) is 5.25 Å². The molecule has 3 aromatic rings. The summed E-state index contributed by atoms with van der Waals surface area (Å²) in [6.07, 6.45) is 9.09. The van der Waals surface area contributed by atoms with Gasteiger partial charge < -0.3 is 10.2 Å². The van der Waals surface area contributed by atoms with Crippen LogP contribution in [0.15, 0.2) is 36.8 Å². The lowest BCUT2D eigenvalue weighted by molar-refractivity contribution is -0.378. The van der Waals surface area contributed by atoms with E-state index in [1.54, 1.807) is 0 Å². The van der Waals surface area contributed by atoms with Crippen molar-refractivity contribution in [1.29, 1.82) is 0 Å². The Morgan fingerprint density at radius 3 is 3.12 bits per heavy atom. The molecule has 4 heterocycles. The third-order valence-electron chi connectivity index (χ3n) is 4.88. The number of aromatic nitrogens is 4. The Bertz CT molecular complexity index is 878. The molecular weight excluding hydrogens is 344 g/mol. The summed E-state index contributed by atoms with van der Waals surface area (Å²) in [5.41, 5.74) is 3.30. The van der Waals surface area contributed by atoms with E-state index in [-0.39, 0.29) is 0 Å². The molecule has 3 aromatic heterocycles. The normalized spacial score (nSPS) is 17.6. The number of anilines is 2. The predicted octanol–water partition coefficient (Wildman–Crippen LogP) is 2.62. The van der Waals surface area contributed by atoms with Gasteiger partial charge in [0.15, 0.2) is 18.0 Å². The zero-order chi connectivity index (χ0) is 17.9. The van der Waals surface area contributed by atoms with Crippen molar-refractivity contribution < 1.29 is 4.98 Å². The van der Waals surface area contributed by atoms with Crippen molar-refractivity contribution in [2.45, 2.75) is 38.0 Å². The lowest BCUT2D eigenvalue weighted by atomic mass is 10.1. The van der Waals surface area contributed by atoms with E-state index in [4.69, 9.17) is 4.98 Å². The van der Waals surface area contributed by atoms with Gasteiger partial charge in [-0.15, -0.1) is 0 Å². The summed E-state index contributed by atoms with van der Waals surface area (Å²) >= 11 is 4.68. The third-order valence-corrected chi connectivity index (χ3v) is 5.30. The minimum atomic E-state index is 0.411. The molecule has 6 nitrogen and oxygen atoms in total. The molecule has 0 radical (unpaired) electrons. The number of nitrogens with zero attached hydrogens (tertiary/aromatic N) is 4. The average molecular weight is 370 g/mol. The number of rotatable bonds is 5. The number of hydrogen-bond donors (Lipinski definition) is 2. The first-order valence-corrected chi connectivity index (χ1v) is 9.75. The maximum atomic E-state index is 4.93. The zero-order valence-corrected chi connectivity index (χ0v) is 15.9. The lowest BCUT2D eigenvalue weighted by Gasteiger charge is -2.31. The van der Waals surface area contributed by atoms with Crippen LogP contribution in [0.3, 0.4) is 0 Å². The van der Waals surface area contributed by atoms with Crippen molar-refractivity contribution in [3.63, 3.8) is 0 Å². The van der Waals surface area contributed by atoms with Crippen LogP contribution >= 0.6 is 12.6 Å². The lowest BCUT2D eigenvalue weighted by Crippen LogP contribution is -2.36. The number of nitrogens with one attached hydrogen (secondary N) is 2. The molecule has 1 atom stereocenters. The Hall–Kier alpha value is -2.28. The monoisotopic (exact) mass is 369 g/mol. The molecule has 0 spiro atoms. The van der Waals surface area contributed by atoms with Crippen LogP contribution in [0.2, 0.25) is 0 Å². The third kappa shape index (κ3) is 3.49. The van der Waals surface area contributed by atoms with E-state index >= 15 is 0 Å². The molecule has 1 aliphatic rings. The SMILES string of the molecule is CCc1cnn2c(NCc3ccc[nH+]c3)cc(N3CCCC(S)C3)nc12. The first-order chi connectivity index (χ1) is 12.7. The maximum Gasteiger partial charge on any atom is 0.171 e. The summed E-state index contributed by atoms with van der Waals surface area (Å²) in [6.45, 7) is 4.84. The number of thiol groups is 1. The molecule has 1 saturated heterocycles. The van der Waals surface area contributed by atoms with Gasteiger partial charge in [-0.25, -0.2) is 9.97 Å². The van der Waals surface area contributed by atoms with Crippen LogP contribution in [-0.4, -0.2) is 32.9 Å². The van der Waals surface area contributed by atoms with Crippen LogP contribution in [-0.2, 0) is 13.0 Å². The maximum absolute atomic E-state index is 4.93. The second-order valence-corrected chi connectivity index (χ2v) is 7.50. The fourth-order valence-electron chi connectivity index (χ4n) is 3.43. The minimum absolute atomic E-state index is 0.411. The van der Waals surface area contributed by atoms with Crippen molar-refractivity contribution in [3.8, 4) is 0 Å². The highest BCUT2D eigenvalue weighted by Gasteiger charge is 2.20. The summed E-state index contributed by atoms with van der Waals surface area (Å²) in [6, 6.07) is 6.21. The van der Waals surface area contributed by atoms with Gasteiger partial charge >= 0.3 is 0 Å². The van der Waals surface area contributed by atoms with Crippen molar-refractivity contribution in [3.05, 3.63) is 47.9 Å². The van der Waals surface area contributed by atoms with Gasteiger partial charge in [-0.1, -0.05) is 6.92 Å². The van der Waals surface area contributed by atoms with E-state index in [9.17, 15) is 0 Å². The number of piperidine rings is 1. The summed E-state index contributed by atoms with van der Waals surface area (Å²) in [7, 11) is 0. The van der Waals surface area contributed by atoms with Crippen LogP contribution in [0.4, 0.5) is 11.6 Å². The molecule has 7 heteroatoms. The molecule has 0 aromatic carbocycles. The highest BCUT2D eigenvalue weighted by molar-refractivity contribution is 7.81. The molecule has 1 unspecified atom stereocenters. The molecule has 0 amide bonds. The molecule has 0 aliphatic carbocycles. The Morgan fingerprint density at radius 2 is 2.35 bits per heavy atom. The Balaban J connectivity index is 1.69. The number of H-pyrrole nitrogens is 1. The Morgan fingerprint density at radius 1 is 1.42 bits per heavy atom. The van der Waals surface area contributed by atoms with Gasteiger partial charge in [-0.2, -0.15) is 22.2 Å². The van der Waals surface area contributed by atoms with Crippen LogP contribution in [0.5, 0.6) is 0 Å². The second-order valence-electron chi connectivity index (χ2n) is 6.77. The van der Waals surface area contributed by atoms with E-state index < -0.39 is 0 Å². The van der Waals surface area contributed by atoms with Crippen molar-refractivity contribution >= 4 is 29.9 Å². The molecule has 136 valence electrons. The molecule has 4 rings (SSSR count). The van der Waals surface area contributed by atoms with Gasteiger partial charge in [0.1, 0.15) is 11.6 Å². The molecule has 1 aliphatic heterocycles. The van der Waals surface area contributed by atoms with Crippen LogP contribution in [0.1, 0.15) is 30.9 Å². The number of pyridine rings is 1. The topological polar surface area (TPSA) is 59.6 Å². The molecule has 0 saturated carbocycles. The summed E-state index contributed by atoms with van der Waals surface area (Å²) in [5.74, 6) is 1.98. The summed E-state index contributed by atoms with van der Waals surface area (Å²) in [4.78, 5) is 10.4. The van der Waals surface area contributed by atoms with Gasteiger partial charge in [0, 0.05) is 48.1 Å².